The van der Waals surface area contributed by atoms with E-state index < -0.39 is 11.9 Å². The van der Waals surface area contributed by atoms with Crippen LogP contribution < -0.4 is 0 Å². The van der Waals surface area contributed by atoms with Crippen LogP contribution in [0.25, 0.3) is 0 Å². The van der Waals surface area contributed by atoms with E-state index in [-0.39, 0.29) is 5.91 Å². The van der Waals surface area contributed by atoms with Gasteiger partial charge in [-0.3, -0.25) is 14.7 Å². The lowest BCUT2D eigenvalue weighted by Gasteiger charge is -2.42. The Morgan fingerprint density at radius 2 is 1.44 bits per heavy atom. The number of carbonyl (C=O) groups excluding carboxylic acids is 1. The number of benzene rings is 1. The van der Waals surface area contributed by atoms with Gasteiger partial charge < -0.3 is 15.1 Å². The van der Waals surface area contributed by atoms with E-state index in [2.05, 4.69) is 40.2 Å². The van der Waals surface area contributed by atoms with Gasteiger partial charge in [-0.05, 0) is 49.3 Å². The summed E-state index contributed by atoms with van der Waals surface area (Å²) in [4.78, 5) is 39.4. The zero-order valence-corrected chi connectivity index (χ0v) is 18.0. The molecule has 2 fully saturated rings. The number of pyridine rings is 1. The van der Waals surface area contributed by atoms with Crippen LogP contribution in [0, 0.1) is 0 Å². The first-order valence-electron chi connectivity index (χ1n) is 10.9. The van der Waals surface area contributed by atoms with Gasteiger partial charge in [-0.25, -0.2) is 9.59 Å². The SMILES string of the molecule is O=C(O)C(=O)O.O=C(c1cccnc1)N1CCN(C2CCC(c3ccccc3)CC2)CC1. The van der Waals surface area contributed by atoms with Crippen LogP contribution in [0.4, 0.5) is 0 Å². The Balaban J connectivity index is 0.000000427. The van der Waals surface area contributed by atoms with Crippen molar-refractivity contribution in [3.8, 4) is 0 Å². The third-order valence-corrected chi connectivity index (χ3v) is 6.18. The van der Waals surface area contributed by atoms with Gasteiger partial charge in [0.05, 0.1) is 5.56 Å². The Kier molecular flexibility index (Phi) is 8.33. The number of amides is 1. The molecule has 1 saturated heterocycles. The third-order valence-electron chi connectivity index (χ3n) is 6.18. The lowest BCUT2D eigenvalue weighted by atomic mass is 9.81. The first kappa shape index (κ1) is 23.4. The molecule has 8 heteroatoms. The minimum absolute atomic E-state index is 0.116. The highest BCUT2D eigenvalue weighted by atomic mass is 16.4. The summed E-state index contributed by atoms with van der Waals surface area (Å²) in [5, 5.41) is 14.8. The predicted octanol–water partition coefficient (Wildman–Crippen LogP) is 2.72. The Bertz CT molecular complexity index is 878. The Morgan fingerprint density at radius 3 is 1.97 bits per heavy atom. The van der Waals surface area contributed by atoms with Gasteiger partial charge in [0.25, 0.3) is 5.91 Å². The molecule has 0 unspecified atom stereocenters. The number of carboxylic acids is 2. The van der Waals surface area contributed by atoms with Crippen molar-refractivity contribution in [1.82, 2.24) is 14.8 Å². The van der Waals surface area contributed by atoms with Crippen LogP contribution in [0.2, 0.25) is 0 Å². The highest BCUT2D eigenvalue weighted by molar-refractivity contribution is 6.27. The average molecular weight is 440 g/mol. The van der Waals surface area contributed by atoms with Gasteiger partial charge >= 0.3 is 11.9 Å². The lowest BCUT2D eigenvalue weighted by Crippen LogP contribution is -2.52. The van der Waals surface area contributed by atoms with Crippen molar-refractivity contribution in [3.63, 3.8) is 0 Å². The summed E-state index contributed by atoms with van der Waals surface area (Å²) < 4.78 is 0. The van der Waals surface area contributed by atoms with Crippen molar-refractivity contribution < 1.29 is 24.6 Å². The third kappa shape index (κ3) is 6.37. The molecule has 0 spiro atoms. The largest absolute Gasteiger partial charge is 0.473 e. The maximum atomic E-state index is 12.5. The molecule has 0 atom stereocenters. The van der Waals surface area contributed by atoms with Gasteiger partial charge in [0.15, 0.2) is 0 Å². The van der Waals surface area contributed by atoms with Gasteiger partial charge in [-0.15, -0.1) is 0 Å². The predicted molar refractivity (Wildman–Crippen MR) is 118 cm³/mol. The molecule has 2 aromatic rings. The second-order valence-electron chi connectivity index (χ2n) is 8.10. The van der Waals surface area contributed by atoms with Crippen LogP contribution in [-0.4, -0.2) is 75.1 Å². The smallest absolute Gasteiger partial charge is 0.414 e. The standard InChI is InChI=1S/C22H27N3O.C2H2O4/c26-22(20-7-4-12-23-17-20)25-15-13-24(14-16-25)21-10-8-19(9-11-21)18-5-2-1-3-6-18;3-1(4)2(5)6/h1-7,12,17,19,21H,8-11,13-16H2;(H,3,4)(H,5,6). The molecule has 2 heterocycles. The molecule has 1 amide bonds. The van der Waals surface area contributed by atoms with E-state index in [1.807, 2.05) is 17.0 Å². The van der Waals surface area contributed by atoms with E-state index >= 15 is 0 Å². The first-order valence-corrected chi connectivity index (χ1v) is 10.9. The number of piperazine rings is 1. The molecule has 1 aromatic heterocycles. The Labute approximate surface area is 187 Å². The van der Waals surface area contributed by atoms with E-state index in [1.54, 1.807) is 12.4 Å². The normalized spacial score (nSPS) is 21.2. The Morgan fingerprint density at radius 1 is 0.812 bits per heavy atom. The van der Waals surface area contributed by atoms with Gasteiger partial charge in [-0.1, -0.05) is 30.3 Å². The molecule has 1 aliphatic heterocycles. The van der Waals surface area contributed by atoms with Crippen LogP contribution in [0.5, 0.6) is 0 Å². The molecule has 2 aliphatic rings. The fourth-order valence-electron chi connectivity index (χ4n) is 4.46. The van der Waals surface area contributed by atoms with Crippen molar-refractivity contribution in [2.45, 2.75) is 37.6 Å². The molecule has 1 saturated carbocycles. The number of aromatic nitrogens is 1. The molecule has 1 aliphatic carbocycles. The van der Waals surface area contributed by atoms with Crippen LogP contribution in [0.1, 0.15) is 47.5 Å². The lowest BCUT2D eigenvalue weighted by molar-refractivity contribution is -0.159. The van der Waals surface area contributed by atoms with Crippen molar-refractivity contribution in [1.29, 1.82) is 0 Å². The van der Waals surface area contributed by atoms with E-state index in [0.717, 1.165) is 32.1 Å². The molecule has 1 aromatic carbocycles. The molecule has 0 radical (unpaired) electrons. The van der Waals surface area contributed by atoms with Gasteiger partial charge in [0.2, 0.25) is 0 Å². The summed E-state index contributed by atoms with van der Waals surface area (Å²) in [6.07, 6.45) is 8.49. The van der Waals surface area contributed by atoms with Crippen LogP contribution in [0.3, 0.4) is 0 Å². The number of nitrogens with zero attached hydrogens (tertiary/aromatic N) is 3. The highest BCUT2D eigenvalue weighted by Gasteiger charge is 2.30. The van der Waals surface area contributed by atoms with Crippen LogP contribution >= 0.6 is 0 Å². The molecule has 4 rings (SSSR count). The van der Waals surface area contributed by atoms with Gasteiger partial charge in [0, 0.05) is 44.6 Å². The van der Waals surface area contributed by atoms with Crippen molar-refractivity contribution in [3.05, 3.63) is 66.0 Å². The van der Waals surface area contributed by atoms with Crippen LogP contribution in [-0.2, 0) is 9.59 Å². The minimum Gasteiger partial charge on any atom is -0.473 e. The van der Waals surface area contributed by atoms with Gasteiger partial charge in [0.1, 0.15) is 0 Å². The number of hydrogen-bond acceptors (Lipinski definition) is 5. The van der Waals surface area contributed by atoms with E-state index in [4.69, 9.17) is 19.8 Å². The van der Waals surface area contributed by atoms with Crippen molar-refractivity contribution >= 4 is 17.8 Å². The quantitative estimate of drug-likeness (QED) is 0.708. The topological polar surface area (TPSA) is 111 Å². The highest BCUT2D eigenvalue weighted by Crippen LogP contribution is 2.34. The fourth-order valence-corrected chi connectivity index (χ4v) is 4.46. The summed E-state index contributed by atoms with van der Waals surface area (Å²) in [6.45, 7) is 3.64. The number of aliphatic carboxylic acids is 2. The summed E-state index contributed by atoms with van der Waals surface area (Å²) in [5.41, 5.74) is 2.20. The number of hydrogen-bond donors (Lipinski definition) is 2. The second-order valence-corrected chi connectivity index (χ2v) is 8.10. The maximum absolute atomic E-state index is 12.5. The number of rotatable bonds is 3. The number of carbonyl (C=O) groups is 3. The van der Waals surface area contributed by atoms with E-state index in [1.165, 1.54) is 31.2 Å². The summed E-state index contributed by atoms with van der Waals surface area (Å²) >= 11 is 0. The summed E-state index contributed by atoms with van der Waals surface area (Å²) in [7, 11) is 0. The molecule has 2 N–H and O–H groups in total. The Hall–Kier alpha value is -3.26. The number of carboxylic acid groups (broad SMARTS) is 2. The molecule has 8 nitrogen and oxygen atoms in total. The van der Waals surface area contributed by atoms with E-state index in [9.17, 15) is 4.79 Å². The summed E-state index contributed by atoms with van der Waals surface area (Å²) in [6, 6.07) is 15.3. The molecular weight excluding hydrogens is 410 g/mol. The zero-order chi connectivity index (χ0) is 22.9. The average Bonchev–Trinajstić information content (AvgIpc) is 2.85. The molecule has 0 bridgehead atoms. The molecule has 170 valence electrons. The molecule has 32 heavy (non-hydrogen) atoms. The summed E-state index contributed by atoms with van der Waals surface area (Å²) in [5.74, 6) is -2.81. The van der Waals surface area contributed by atoms with Crippen molar-refractivity contribution in [2.75, 3.05) is 26.2 Å². The minimum atomic E-state index is -1.82. The molecular formula is C24H29N3O5. The second kappa shape index (κ2) is 11.4. The fraction of sp³-hybridized carbons (Fsp3) is 0.417. The van der Waals surface area contributed by atoms with Crippen LogP contribution in [0.15, 0.2) is 54.9 Å². The first-order chi connectivity index (χ1) is 15.5. The van der Waals surface area contributed by atoms with E-state index in [0.29, 0.717) is 11.6 Å². The monoisotopic (exact) mass is 439 g/mol. The zero-order valence-electron chi connectivity index (χ0n) is 18.0. The maximum Gasteiger partial charge on any atom is 0.414 e. The van der Waals surface area contributed by atoms with Crippen molar-refractivity contribution in [2.24, 2.45) is 0 Å². The van der Waals surface area contributed by atoms with Gasteiger partial charge in [-0.2, -0.15) is 0 Å².